The van der Waals surface area contributed by atoms with Gasteiger partial charge in [-0.3, -0.25) is 9.48 Å². The van der Waals surface area contributed by atoms with Crippen molar-refractivity contribution in [2.24, 2.45) is 0 Å². The Morgan fingerprint density at radius 3 is 2.50 bits per heavy atom. The molecule has 0 aliphatic rings. The molecule has 3 aromatic carbocycles. The Morgan fingerprint density at radius 1 is 0.938 bits per heavy atom. The zero-order valence-corrected chi connectivity index (χ0v) is 16.8. The maximum absolute atomic E-state index is 13.7. The first-order valence-electron chi connectivity index (χ1n) is 9.71. The third-order valence-electron chi connectivity index (χ3n) is 4.63. The fraction of sp³-hybridized carbons (Fsp3) is 0.0833. The topological polar surface area (TPSA) is 56.2 Å². The number of aromatic nitrogens is 2. The van der Waals surface area contributed by atoms with Crippen molar-refractivity contribution >= 4 is 11.6 Å². The maximum Gasteiger partial charge on any atom is 0.255 e. The van der Waals surface area contributed by atoms with Crippen LogP contribution in [0.15, 0.2) is 79.1 Å². The van der Waals surface area contributed by atoms with E-state index in [2.05, 4.69) is 10.4 Å². The van der Waals surface area contributed by atoms with E-state index in [0.29, 0.717) is 23.4 Å². The highest BCUT2D eigenvalue weighted by Crippen LogP contribution is 2.19. The van der Waals surface area contributed by atoms with E-state index in [4.69, 9.17) is 4.74 Å². The molecular formula is C24H18F3N3O2. The number of rotatable bonds is 7. The Bertz CT molecular complexity index is 1240. The van der Waals surface area contributed by atoms with Crippen LogP contribution in [0.2, 0.25) is 0 Å². The standard InChI is InChI=1S/C24H18F3N3O2/c25-19-6-4-16(5-7-19)13-30-14-21(12-28-30)29-24(31)18-3-1-2-17(10-18)15-32-23-9-8-20(26)11-22(23)27/h1-12,14H,13,15H2,(H,29,31). The summed E-state index contributed by atoms with van der Waals surface area (Å²) >= 11 is 0. The lowest BCUT2D eigenvalue weighted by molar-refractivity contribution is 0.102. The number of anilines is 1. The Balaban J connectivity index is 1.37. The average Bonchev–Trinajstić information content (AvgIpc) is 3.21. The molecule has 162 valence electrons. The minimum atomic E-state index is -0.795. The van der Waals surface area contributed by atoms with Gasteiger partial charge in [-0.2, -0.15) is 5.10 Å². The third-order valence-corrected chi connectivity index (χ3v) is 4.63. The molecule has 0 aliphatic heterocycles. The van der Waals surface area contributed by atoms with Crippen LogP contribution >= 0.6 is 0 Å². The Morgan fingerprint density at radius 2 is 1.72 bits per heavy atom. The van der Waals surface area contributed by atoms with Crippen molar-refractivity contribution in [3.63, 3.8) is 0 Å². The van der Waals surface area contributed by atoms with Crippen LogP contribution in [0, 0.1) is 17.5 Å². The van der Waals surface area contributed by atoms with E-state index in [1.165, 1.54) is 24.4 Å². The van der Waals surface area contributed by atoms with Crippen molar-refractivity contribution < 1.29 is 22.7 Å². The predicted octanol–water partition coefficient (Wildman–Crippen LogP) is 5.18. The molecule has 0 atom stereocenters. The Labute approximate surface area is 182 Å². The lowest BCUT2D eigenvalue weighted by atomic mass is 10.1. The molecule has 1 N–H and O–H groups in total. The van der Waals surface area contributed by atoms with Crippen LogP contribution in [-0.4, -0.2) is 15.7 Å². The molecule has 1 heterocycles. The van der Waals surface area contributed by atoms with Crippen LogP contribution in [0.3, 0.4) is 0 Å². The molecule has 0 saturated heterocycles. The van der Waals surface area contributed by atoms with Gasteiger partial charge in [-0.1, -0.05) is 24.3 Å². The largest absolute Gasteiger partial charge is 0.486 e. The highest BCUT2D eigenvalue weighted by molar-refractivity contribution is 6.04. The van der Waals surface area contributed by atoms with Gasteiger partial charge >= 0.3 is 0 Å². The van der Waals surface area contributed by atoms with E-state index in [-0.39, 0.29) is 24.1 Å². The number of hydrogen-bond donors (Lipinski definition) is 1. The fourth-order valence-corrected chi connectivity index (χ4v) is 3.05. The number of benzene rings is 3. The number of nitrogens with zero attached hydrogens (tertiary/aromatic N) is 2. The fourth-order valence-electron chi connectivity index (χ4n) is 3.05. The van der Waals surface area contributed by atoms with E-state index in [1.54, 1.807) is 47.3 Å². The van der Waals surface area contributed by atoms with Crippen LogP contribution in [0.4, 0.5) is 18.9 Å². The van der Waals surface area contributed by atoms with Crippen molar-refractivity contribution in [3.8, 4) is 5.75 Å². The Kier molecular flexibility index (Phi) is 6.21. The monoisotopic (exact) mass is 437 g/mol. The first-order chi connectivity index (χ1) is 15.5. The third kappa shape index (κ3) is 5.34. The van der Waals surface area contributed by atoms with Gasteiger partial charge in [-0.15, -0.1) is 0 Å². The summed E-state index contributed by atoms with van der Waals surface area (Å²) in [4.78, 5) is 12.6. The van der Waals surface area contributed by atoms with Crippen molar-refractivity contribution in [1.29, 1.82) is 0 Å². The SMILES string of the molecule is O=C(Nc1cnn(Cc2ccc(F)cc2)c1)c1cccc(COc2ccc(F)cc2F)c1. The van der Waals surface area contributed by atoms with Gasteiger partial charge < -0.3 is 10.1 Å². The van der Waals surface area contributed by atoms with Crippen LogP contribution in [0.25, 0.3) is 0 Å². The highest BCUT2D eigenvalue weighted by atomic mass is 19.1. The molecule has 0 bridgehead atoms. The molecule has 4 rings (SSSR count). The van der Waals surface area contributed by atoms with Gasteiger partial charge in [-0.25, -0.2) is 13.2 Å². The first kappa shape index (κ1) is 21.2. The molecule has 32 heavy (non-hydrogen) atoms. The summed E-state index contributed by atoms with van der Waals surface area (Å²) in [5.74, 6) is -2.21. The number of nitrogens with one attached hydrogen (secondary N) is 1. The molecule has 0 aliphatic carbocycles. The average molecular weight is 437 g/mol. The molecule has 1 amide bonds. The van der Waals surface area contributed by atoms with Crippen LogP contribution in [-0.2, 0) is 13.2 Å². The van der Waals surface area contributed by atoms with Gasteiger partial charge in [-0.05, 0) is 47.5 Å². The summed E-state index contributed by atoms with van der Waals surface area (Å²) in [6.07, 6.45) is 3.19. The Hall–Kier alpha value is -4.07. The van der Waals surface area contributed by atoms with E-state index in [1.807, 2.05) is 0 Å². The van der Waals surface area contributed by atoms with Gasteiger partial charge in [0.2, 0.25) is 0 Å². The molecule has 0 saturated carbocycles. The zero-order valence-electron chi connectivity index (χ0n) is 16.8. The minimum absolute atomic E-state index is 0.0132. The highest BCUT2D eigenvalue weighted by Gasteiger charge is 2.10. The zero-order chi connectivity index (χ0) is 22.5. The lowest BCUT2D eigenvalue weighted by Crippen LogP contribution is -2.12. The smallest absolute Gasteiger partial charge is 0.255 e. The van der Waals surface area contributed by atoms with E-state index in [9.17, 15) is 18.0 Å². The van der Waals surface area contributed by atoms with Crippen LogP contribution in [0.1, 0.15) is 21.5 Å². The van der Waals surface area contributed by atoms with E-state index in [0.717, 1.165) is 17.7 Å². The van der Waals surface area contributed by atoms with E-state index >= 15 is 0 Å². The molecular weight excluding hydrogens is 419 g/mol. The van der Waals surface area contributed by atoms with Crippen molar-refractivity contribution in [1.82, 2.24) is 9.78 Å². The molecule has 8 heteroatoms. The molecule has 0 spiro atoms. The molecule has 0 fully saturated rings. The second kappa shape index (κ2) is 9.38. The first-order valence-corrected chi connectivity index (χ1v) is 9.71. The number of halogens is 3. The molecule has 0 radical (unpaired) electrons. The number of amides is 1. The maximum atomic E-state index is 13.7. The molecule has 0 unspecified atom stereocenters. The summed E-state index contributed by atoms with van der Waals surface area (Å²) in [5.41, 5.74) is 2.41. The molecule has 4 aromatic rings. The summed E-state index contributed by atoms with van der Waals surface area (Å²) in [6, 6.07) is 15.8. The van der Waals surface area contributed by atoms with Gasteiger partial charge in [0.25, 0.3) is 5.91 Å². The molecule has 5 nitrogen and oxygen atoms in total. The number of ether oxygens (including phenoxy) is 1. The van der Waals surface area contributed by atoms with Gasteiger partial charge in [0, 0.05) is 17.8 Å². The van der Waals surface area contributed by atoms with E-state index < -0.39 is 11.6 Å². The number of carbonyl (C=O) groups is 1. The summed E-state index contributed by atoms with van der Waals surface area (Å²) in [5, 5.41) is 6.97. The van der Waals surface area contributed by atoms with Gasteiger partial charge in [0.15, 0.2) is 11.6 Å². The second-order valence-electron chi connectivity index (χ2n) is 7.07. The summed E-state index contributed by atoms with van der Waals surface area (Å²) < 4.78 is 46.7. The lowest BCUT2D eigenvalue weighted by Gasteiger charge is -2.09. The van der Waals surface area contributed by atoms with Crippen molar-refractivity contribution in [2.45, 2.75) is 13.2 Å². The molecule has 1 aromatic heterocycles. The minimum Gasteiger partial charge on any atom is -0.486 e. The second-order valence-corrected chi connectivity index (χ2v) is 7.07. The normalized spacial score (nSPS) is 10.7. The summed E-state index contributed by atoms with van der Waals surface area (Å²) in [6.45, 7) is 0.447. The summed E-state index contributed by atoms with van der Waals surface area (Å²) in [7, 11) is 0. The van der Waals surface area contributed by atoms with Gasteiger partial charge in [0.05, 0.1) is 18.4 Å². The number of carbonyl (C=O) groups excluding carboxylic acids is 1. The van der Waals surface area contributed by atoms with Crippen LogP contribution < -0.4 is 10.1 Å². The van der Waals surface area contributed by atoms with Crippen LogP contribution in [0.5, 0.6) is 5.75 Å². The van der Waals surface area contributed by atoms with Crippen molar-refractivity contribution in [2.75, 3.05) is 5.32 Å². The predicted molar refractivity (Wildman–Crippen MR) is 113 cm³/mol. The van der Waals surface area contributed by atoms with Gasteiger partial charge in [0.1, 0.15) is 18.2 Å². The quantitative estimate of drug-likeness (QED) is 0.434. The number of hydrogen-bond acceptors (Lipinski definition) is 3. The van der Waals surface area contributed by atoms with Crippen molar-refractivity contribution in [3.05, 3.63) is 113 Å².